The summed E-state index contributed by atoms with van der Waals surface area (Å²) in [5.74, 6) is -1.17. The molecule has 0 aromatic carbocycles. The van der Waals surface area contributed by atoms with Crippen molar-refractivity contribution >= 4 is 17.7 Å². The lowest BCUT2D eigenvalue weighted by Crippen LogP contribution is -2.40. The van der Waals surface area contributed by atoms with Gasteiger partial charge < -0.3 is 14.2 Å². The Bertz CT molecular complexity index is 395. The molecule has 0 aromatic heterocycles. The number of esters is 2. The number of ether oxygens (including phenoxy) is 3. The van der Waals surface area contributed by atoms with Crippen molar-refractivity contribution in [1.82, 2.24) is 0 Å². The van der Waals surface area contributed by atoms with Crippen molar-refractivity contribution in [1.29, 1.82) is 0 Å². The number of hydrogen-bond donors (Lipinski definition) is 0. The Hall–Kier alpha value is -1.43. The molecule has 6 heteroatoms. The number of ketones is 1. The molecule has 0 saturated heterocycles. The summed E-state index contributed by atoms with van der Waals surface area (Å²) < 4.78 is 15.3. The number of methoxy groups -OCH3 is 1. The predicted molar refractivity (Wildman–Crippen MR) is 79.2 cm³/mol. The van der Waals surface area contributed by atoms with Gasteiger partial charge in [-0.25, -0.2) is 0 Å². The third kappa shape index (κ3) is 5.09. The molecule has 0 bridgehead atoms. The lowest BCUT2D eigenvalue weighted by atomic mass is 9.70. The molecule has 1 fully saturated rings. The van der Waals surface area contributed by atoms with E-state index < -0.39 is 11.4 Å². The molecule has 1 aliphatic carbocycles. The van der Waals surface area contributed by atoms with E-state index in [1.54, 1.807) is 21.0 Å². The van der Waals surface area contributed by atoms with E-state index in [4.69, 9.17) is 14.2 Å². The van der Waals surface area contributed by atoms with Crippen molar-refractivity contribution in [3.63, 3.8) is 0 Å². The molecule has 0 radical (unpaired) electrons. The highest BCUT2D eigenvalue weighted by molar-refractivity contribution is 5.97. The van der Waals surface area contributed by atoms with Gasteiger partial charge in [-0.05, 0) is 39.5 Å². The zero-order valence-corrected chi connectivity index (χ0v) is 13.7. The van der Waals surface area contributed by atoms with Crippen LogP contribution in [0.25, 0.3) is 0 Å². The molecule has 1 saturated carbocycles. The molecule has 1 aliphatic rings. The summed E-state index contributed by atoms with van der Waals surface area (Å²) in [6, 6.07) is 0. The summed E-state index contributed by atoms with van der Waals surface area (Å²) in [5.41, 5.74) is -0.825. The maximum absolute atomic E-state index is 12.3. The fourth-order valence-electron chi connectivity index (χ4n) is 2.93. The summed E-state index contributed by atoms with van der Waals surface area (Å²) in [4.78, 5) is 35.9. The van der Waals surface area contributed by atoms with Gasteiger partial charge in [-0.15, -0.1) is 0 Å². The largest absolute Gasteiger partial charge is 0.466 e. The molecule has 0 aliphatic heterocycles. The van der Waals surface area contributed by atoms with Gasteiger partial charge in [0.15, 0.2) is 0 Å². The summed E-state index contributed by atoms with van der Waals surface area (Å²) >= 11 is 0. The Morgan fingerprint density at radius 3 is 2.14 bits per heavy atom. The van der Waals surface area contributed by atoms with Gasteiger partial charge in [0, 0.05) is 13.5 Å². The summed E-state index contributed by atoms with van der Waals surface area (Å²) in [7, 11) is 1.65. The molecule has 0 unspecified atom stereocenters. The quantitative estimate of drug-likeness (QED) is 0.504. The van der Waals surface area contributed by atoms with Crippen LogP contribution in [0, 0.1) is 5.41 Å². The van der Waals surface area contributed by atoms with Gasteiger partial charge in [0.1, 0.15) is 12.2 Å². The highest BCUT2D eigenvalue weighted by atomic mass is 16.5. The second-order valence-corrected chi connectivity index (χ2v) is 5.63. The summed E-state index contributed by atoms with van der Waals surface area (Å²) in [5, 5.41) is 0. The number of carbonyl (C=O) groups is 3. The van der Waals surface area contributed by atoms with Crippen LogP contribution >= 0.6 is 0 Å². The highest BCUT2D eigenvalue weighted by Gasteiger charge is 2.44. The normalized spacial score (nSPS) is 24.6. The number of carbonyl (C=O) groups excluding carboxylic acids is 3. The maximum Gasteiger partial charge on any atom is 0.313 e. The van der Waals surface area contributed by atoms with E-state index in [2.05, 4.69) is 0 Å². The van der Waals surface area contributed by atoms with E-state index in [9.17, 15) is 14.4 Å². The molecule has 0 N–H and O–H groups in total. The smallest absolute Gasteiger partial charge is 0.313 e. The zero-order chi connectivity index (χ0) is 16.6. The Morgan fingerprint density at radius 1 is 1.05 bits per heavy atom. The molecular weight excluding hydrogens is 288 g/mol. The maximum atomic E-state index is 12.3. The minimum absolute atomic E-state index is 0.0289. The van der Waals surface area contributed by atoms with Crippen LogP contribution in [-0.2, 0) is 28.6 Å². The molecule has 126 valence electrons. The first-order valence-electron chi connectivity index (χ1n) is 7.84. The van der Waals surface area contributed by atoms with Crippen molar-refractivity contribution in [2.75, 3.05) is 20.3 Å². The highest BCUT2D eigenvalue weighted by Crippen LogP contribution is 2.41. The van der Waals surface area contributed by atoms with E-state index in [1.807, 2.05) is 0 Å². The van der Waals surface area contributed by atoms with Crippen LogP contribution in [0.1, 0.15) is 52.4 Å². The molecule has 0 heterocycles. The Morgan fingerprint density at radius 2 is 1.64 bits per heavy atom. The van der Waals surface area contributed by atoms with Gasteiger partial charge in [-0.1, -0.05) is 0 Å². The monoisotopic (exact) mass is 314 g/mol. The topological polar surface area (TPSA) is 78.9 Å². The first kappa shape index (κ1) is 18.6. The minimum atomic E-state index is -0.825. The first-order chi connectivity index (χ1) is 10.5. The molecular formula is C16H26O6. The van der Waals surface area contributed by atoms with Crippen LogP contribution in [0.5, 0.6) is 0 Å². The van der Waals surface area contributed by atoms with E-state index >= 15 is 0 Å². The molecule has 0 amide bonds. The fourth-order valence-corrected chi connectivity index (χ4v) is 2.93. The minimum Gasteiger partial charge on any atom is -0.466 e. The van der Waals surface area contributed by atoms with Crippen molar-refractivity contribution < 1.29 is 28.6 Å². The van der Waals surface area contributed by atoms with Crippen LogP contribution in [0.15, 0.2) is 0 Å². The summed E-state index contributed by atoms with van der Waals surface area (Å²) in [6.07, 6.45) is 2.36. The molecule has 22 heavy (non-hydrogen) atoms. The molecule has 6 nitrogen and oxygen atoms in total. The Balaban J connectivity index is 2.73. The van der Waals surface area contributed by atoms with Crippen LogP contribution in [0.4, 0.5) is 0 Å². The van der Waals surface area contributed by atoms with Gasteiger partial charge in [-0.2, -0.15) is 0 Å². The standard InChI is InChI=1S/C16H26O6/c1-4-21-14(18)10-12(17)11-16(15(19)22-5-2)8-6-13(20-3)7-9-16/h13H,4-11H2,1-3H3. The van der Waals surface area contributed by atoms with Crippen molar-refractivity contribution in [3.05, 3.63) is 0 Å². The number of rotatable bonds is 8. The Kier molecular flexibility index (Phi) is 7.51. The van der Waals surface area contributed by atoms with Crippen LogP contribution in [-0.4, -0.2) is 44.1 Å². The molecule has 1 rings (SSSR count). The fraction of sp³-hybridized carbons (Fsp3) is 0.812. The lowest BCUT2D eigenvalue weighted by molar-refractivity contribution is -0.162. The van der Waals surface area contributed by atoms with Crippen molar-refractivity contribution in [2.45, 2.75) is 58.5 Å². The zero-order valence-electron chi connectivity index (χ0n) is 13.7. The van der Waals surface area contributed by atoms with Crippen molar-refractivity contribution in [2.24, 2.45) is 5.41 Å². The van der Waals surface area contributed by atoms with Crippen LogP contribution in [0.2, 0.25) is 0 Å². The van der Waals surface area contributed by atoms with Gasteiger partial charge >= 0.3 is 11.9 Å². The average Bonchev–Trinajstić information content (AvgIpc) is 2.48. The lowest BCUT2D eigenvalue weighted by Gasteiger charge is -2.37. The Labute approximate surface area is 131 Å². The SMILES string of the molecule is CCOC(=O)CC(=O)CC1(C(=O)OCC)CCC(OC)CC1. The molecule has 0 aromatic rings. The number of hydrogen-bond acceptors (Lipinski definition) is 6. The van der Waals surface area contributed by atoms with E-state index in [0.717, 1.165) is 0 Å². The van der Waals surface area contributed by atoms with Crippen LogP contribution in [0.3, 0.4) is 0 Å². The molecule has 0 spiro atoms. The average molecular weight is 314 g/mol. The van der Waals surface area contributed by atoms with E-state index in [0.29, 0.717) is 25.7 Å². The molecule has 0 atom stereocenters. The van der Waals surface area contributed by atoms with Gasteiger partial charge in [0.05, 0.1) is 24.7 Å². The third-order valence-corrected chi connectivity index (χ3v) is 4.11. The summed E-state index contributed by atoms with van der Waals surface area (Å²) in [6.45, 7) is 3.95. The van der Waals surface area contributed by atoms with E-state index in [-0.39, 0.29) is 43.9 Å². The predicted octanol–water partition coefficient (Wildman–Crippen LogP) is 2.04. The second-order valence-electron chi connectivity index (χ2n) is 5.63. The van der Waals surface area contributed by atoms with E-state index in [1.165, 1.54) is 0 Å². The van der Waals surface area contributed by atoms with Gasteiger partial charge in [0.2, 0.25) is 0 Å². The first-order valence-corrected chi connectivity index (χ1v) is 7.84. The van der Waals surface area contributed by atoms with Gasteiger partial charge in [-0.3, -0.25) is 14.4 Å². The number of Topliss-reactive ketones (excluding diaryl/α,β-unsaturated/α-hetero) is 1. The van der Waals surface area contributed by atoms with Gasteiger partial charge in [0.25, 0.3) is 0 Å². The van der Waals surface area contributed by atoms with Crippen molar-refractivity contribution in [3.8, 4) is 0 Å². The second kappa shape index (κ2) is 8.88. The van der Waals surface area contributed by atoms with Crippen LogP contribution < -0.4 is 0 Å². The third-order valence-electron chi connectivity index (χ3n) is 4.11.